The fourth-order valence-corrected chi connectivity index (χ4v) is 5.97. The molecule has 2 aliphatic rings. The first-order chi connectivity index (χ1) is 20.8. The van der Waals surface area contributed by atoms with Crippen molar-refractivity contribution in [2.45, 2.75) is 43.6 Å². The molecule has 8 nitrogen and oxygen atoms in total. The highest BCUT2D eigenvalue weighted by molar-refractivity contribution is 5.94. The maximum atomic E-state index is 14.2. The fourth-order valence-electron chi connectivity index (χ4n) is 5.97. The second kappa shape index (κ2) is 10.8. The van der Waals surface area contributed by atoms with Crippen molar-refractivity contribution in [2.75, 3.05) is 0 Å². The van der Waals surface area contributed by atoms with Gasteiger partial charge in [0.1, 0.15) is 24.0 Å². The lowest BCUT2D eigenvalue weighted by Gasteiger charge is -2.22. The van der Waals surface area contributed by atoms with Crippen molar-refractivity contribution < 1.29 is 41.0 Å². The van der Waals surface area contributed by atoms with Crippen LogP contribution in [0.25, 0.3) is 11.1 Å². The molecule has 1 fully saturated rings. The van der Waals surface area contributed by atoms with Gasteiger partial charge in [0.05, 0.1) is 23.4 Å². The Morgan fingerprint density at radius 2 is 1.82 bits per heavy atom. The van der Waals surface area contributed by atoms with Gasteiger partial charge in [-0.3, -0.25) is 19.3 Å². The molecule has 2 aromatic heterocycles. The molecule has 2 amide bonds. The summed E-state index contributed by atoms with van der Waals surface area (Å²) < 4.78 is 84.6. The van der Waals surface area contributed by atoms with E-state index < -0.39 is 65.4 Å². The normalized spacial score (nSPS) is 19.3. The molecule has 1 saturated carbocycles. The van der Waals surface area contributed by atoms with Crippen molar-refractivity contribution in [3.05, 3.63) is 106 Å². The zero-order valence-corrected chi connectivity index (χ0v) is 22.6. The van der Waals surface area contributed by atoms with Crippen molar-refractivity contribution in [2.24, 2.45) is 11.7 Å². The number of hydrogen-bond acceptors (Lipinski definition) is 5. The number of carbonyl (C=O) groups excluding carboxylic acids is 2. The number of aromatic nitrogens is 3. The molecule has 4 aromatic rings. The summed E-state index contributed by atoms with van der Waals surface area (Å²) in [4.78, 5) is 29.6. The van der Waals surface area contributed by atoms with Gasteiger partial charge < -0.3 is 16.2 Å². The molecule has 14 heteroatoms. The molecule has 3 unspecified atom stereocenters. The van der Waals surface area contributed by atoms with Gasteiger partial charge in [-0.05, 0) is 60.2 Å². The van der Waals surface area contributed by atoms with E-state index in [9.17, 15) is 41.0 Å². The number of alkyl halides is 3. The first-order valence-electron chi connectivity index (χ1n) is 13.5. The monoisotopic (exact) mass is 615 g/mol. The Bertz CT molecular complexity index is 1790. The van der Waals surface area contributed by atoms with Crippen molar-refractivity contribution in [3.63, 3.8) is 0 Å². The van der Waals surface area contributed by atoms with E-state index in [4.69, 9.17) is 5.73 Å². The minimum atomic E-state index is -4.85. The number of primary amides is 1. The number of nitrogens with two attached hydrogens (primary N) is 1. The van der Waals surface area contributed by atoms with Gasteiger partial charge in [0, 0.05) is 35.0 Å². The van der Waals surface area contributed by atoms with Crippen LogP contribution in [-0.4, -0.2) is 31.7 Å². The number of nitrogens with one attached hydrogen (secondary N) is 1. The summed E-state index contributed by atoms with van der Waals surface area (Å²) in [7, 11) is 0. The number of aliphatic hydroxyl groups is 1. The van der Waals surface area contributed by atoms with Crippen molar-refractivity contribution in [1.82, 2.24) is 20.1 Å². The van der Waals surface area contributed by atoms with E-state index in [1.54, 1.807) is 6.07 Å². The highest BCUT2D eigenvalue weighted by Gasteiger charge is 2.58. The Morgan fingerprint density at radius 1 is 1.09 bits per heavy atom. The molecule has 0 saturated heterocycles. The lowest BCUT2D eigenvalue weighted by molar-refractivity contribution is -0.143. The molecule has 0 spiro atoms. The lowest BCUT2D eigenvalue weighted by Crippen LogP contribution is -2.34. The molecule has 4 atom stereocenters. The number of hydrogen-bond donors (Lipinski definition) is 3. The van der Waals surface area contributed by atoms with Gasteiger partial charge in [0.25, 0.3) is 5.91 Å². The SMILES string of the molecule is NC(=O)c1cc(-c2cccnc2[C@H](Cc2cc(F)cc(F)c2)NC(=O)Cn2nc(C(F)(F)F)c3c2C2CC2C3O)ccc1F. The Hall–Kier alpha value is -4.72. The third-order valence-electron chi connectivity index (χ3n) is 7.89. The third-order valence-corrected chi connectivity index (χ3v) is 7.89. The minimum Gasteiger partial charge on any atom is -0.388 e. The smallest absolute Gasteiger partial charge is 0.388 e. The molecule has 4 N–H and O–H groups in total. The summed E-state index contributed by atoms with van der Waals surface area (Å²) in [6, 6.07) is 8.35. The van der Waals surface area contributed by atoms with Crippen molar-refractivity contribution in [1.29, 1.82) is 0 Å². The van der Waals surface area contributed by atoms with Crippen LogP contribution in [0.5, 0.6) is 0 Å². The Balaban J connectivity index is 1.37. The van der Waals surface area contributed by atoms with Crippen LogP contribution in [0.2, 0.25) is 0 Å². The summed E-state index contributed by atoms with van der Waals surface area (Å²) in [6.07, 6.45) is -4.55. The highest BCUT2D eigenvalue weighted by Crippen LogP contribution is 2.63. The molecule has 0 bridgehead atoms. The minimum absolute atomic E-state index is 0.129. The average molecular weight is 616 g/mol. The zero-order chi connectivity index (χ0) is 31.5. The Kier molecular flexibility index (Phi) is 7.19. The quantitative estimate of drug-likeness (QED) is 0.248. The summed E-state index contributed by atoms with van der Waals surface area (Å²) >= 11 is 0. The molecule has 228 valence electrons. The van der Waals surface area contributed by atoms with Crippen LogP contribution in [0.15, 0.2) is 54.7 Å². The van der Waals surface area contributed by atoms with Crippen LogP contribution in [0.1, 0.15) is 63.1 Å². The van der Waals surface area contributed by atoms with Crippen LogP contribution < -0.4 is 11.1 Å². The Morgan fingerprint density at radius 3 is 2.50 bits per heavy atom. The van der Waals surface area contributed by atoms with E-state index in [1.165, 1.54) is 24.4 Å². The number of amides is 2. The second-order valence-corrected chi connectivity index (χ2v) is 10.9. The van der Waals surface area contributed by atoms with Gasteiger partial charge in [-0.25, -0.2) is 13.2 Å². The number of aliphatic hydroxyl groups excluding tert-OH is 1. The number of fused-ring (bicyclic) bond motifs is 3. The van der Waals surface area contributed by atoms with E-state index in [-0.39, 0.29) is 40.8 Å². The molecule has 2 heterocycles. The molecule has 0 aliphatic heterocycles. The van der Waals surface area contributed by atoms with E-state index in [1.807, 2.05) is 0 Å². The summed E-state index contributed by atoms with van der Waals surface area (Å²) in [5.74, 6) is -5.16. The predicted octanol–water partition coefficient (Wildman–Crippen LogP) is 4.73. The number of benzene rings is 2. The van der Waals surface area contributed by atoms with Gasteiger partial charge in [-0.15, -0.1) is 0 Å². The molecule has 44 heavy (non-hydrogen) atoms. The van der Waals surface area contributed by atoms with Gasteiger partial charge in [0.2, 0.25) is 5.91 Å². The van der Waals surface area contributed by atoms with Gasteiger partial charge in [-0.2, -0.15) is 18.3 Å². The number of carbonyl (C=O) groups is 2. The van der Waals surface area contributed by atoms with Crippen LogP contribution in [0.4, 0.5) is 26.3 Å². The zero-order valence-electron chi connectivity index (χ0n) is 22.6. The highest BCUT2D eigenvalue weighted by atomic mass is 19.4. The summed E-state index contributed by atoms with van der Waals surface area (Å²) in [5.41, 5.74) is 4.37. The average Bonchev–Trinajstić information content (AvgIpc) is 3.56. The lowest BCUT2D eigenvalue weighted by atomic mass is 9.94. The molecule has 6 rings (SSSR count). The Labute approximate surface area is 245 Å². The largest absolute Gasteiger partial charge is 0.435 e. The van der Waals surface area contributed by atoms with Gasteiger partial charge >= 0.3 is 6.18 Å². The van der Waals surface area contributed by atoms with Gasteiger partial charge in [-0.1, -0.05) is 12.1 Å². The first kappa shape index (κ1) is 29.4. The molecular formula is C30H23F6N5O3. The van der Waals surface area contributed by atoms with E-state index in [0.717, 1.165) is 22.9 Å². The number of pyridine rings is 1. The van der Waals surface area contributed by atoms with Crippen LogP contribution >= 0.6 is 0 Å². The third kappa shape index (κ3) is 5.41. The standard InChI is InChI=1S/C30H23F6N5O3/c31-15-6-13(7-16(32)10-15)8-22(25-17(2-1-5-38-25)14-3-4-21(33)20(9-14)29(37)44)39-23(42)12-41-26-18-11-19(18)27(43)24(26)28(40-41)30(34,35)36/h1-7,9-10,18-19,22,27,43H,8,11-12H2,(H2,37,44)(H,39,42)/t18?,19?,22-,27?/m0/s1. The molecular weight excluding hydrogens is 592 g/mol. The number of rotatable bonds is 8. The van der Waals surface area contributed by atoms with E-state index in [2.05, 4.69) is 15.4 Å². The van der Waals surface area contributed by atoms with Crippen LogP contribution in [0, 0.1) is 23.4 Å². The molecule has 0 radical (unpaired) electrons. The maximum absolute atomic E-state index is 14.2. The van der Waals surface area contributed by atoms with Gasteiger partial charge in [0.15, 0.2) is 5.69 Å². The number of halogens is 6. The first-order valence-corrected chi connectivity index (χ1v) is 13.5. The van der Waals surface area contributed by atoms with Crippen LogP contribution in [0.3, 0.4) is 0 Å². The molecule has 2 aliphatic carbocycles. The molecule has 2 aromatic carbocycles. The van der Waals surface area contributed by atoms with E-state index in [0.29, 0.717) is 23.6 Å². The number of nitrogens with zero attached hydrogens (tertiary/aromatic N) is 3. The topological polar surface area (TPSA) is 123 Å². The predicted molar refractivity (Wildman–Crippen MR) is 142 cm³/mol. The summed E-state index contributed by atoms with van der Waals surface area (Å²) in [5, 5.41) is 16.7. The van der Waals surface area contributed by atoms with Crippen LogP contribution in [-0.2, 0) is 23.9 Å². The second-order valence-electron chi connectivity index (χ2n) is 10.9. The van der Waals surface area contributed by atoms with E-state index >= 15 is 0 Å². The maximum Gasteiger partial charge on any atom is 0.435 e. The van der Waals surface area contributed by atoms with Crippen molar-refractivity contribution >= 4 is 11.8 Å². The summed E-state index contributed by atoms with van der Waals surface area (Å²) in [6.45, 7) is -0.646. The van der Waals surface area contributed by atoms with Crippen molar-refractivity contribution in [3.8, 4) is 11.1 Å². The fraction of sp³-hybridized carbons (Fsp3) is 0.267.